The van der Waals surface area contributed by atoms with Crippen LogP contribution in [-0.4, -0.2) is 17.8 Å². The van der Waals surface area contributed by atoms with Gasteiger partial charge in [0.05, 0.1) is 6.61 Å². The standard InChI is InChI=1S/C20H33NO3/c1-2-3-4-5-6-7-8-9-10-11-16-23-20(21)19-14-12-18(13-15-19)17-24-22/h12-15,21-22H,2-11,16-17H2,1H3. The maximum absolute atomic E-state index is 8.40. The maximum atomic E-state index is 8.40. The summed E-state index contributed by atoms with van der Waals surface area (Å²) >= 11 is 0. The highest BCUT2D eigenvalue weighted by Crippen LogP contribution is 2.11. The van der Waals surface area contributed by atoms with Gasteiger partial charge in [-0.3, -0.25) is 10.7 Å². The van der Waals surface area contributed by atoms with E-state index >= 15 is 0 Å². The number of benzene rings is 1. The van der Waals surface area contributed by atoms with Crippen LogP contribution in [0.2, 0.25) is 0 Å². The Bertz CT molecular complexity index is 431. The average Bonchev–Trinajstić information content (AvgIpc) is 2.60. The van der Waals surface area contributed by atoms with E-state index in [9.17, 15) is 0 Å². The van der Waals surface area contributed by atoms with Gasteiger partial charge in [0.2, 0.25) is 5.90 Å². The number of hydrogen-bond donors (Lipinski definition) is 2. The summed E-state index contributed by atoms with van der Waals surface area (Å²) in [7, 11) is 0. The third-order valence-electron chi connectivity index (χ3n) is 4.19. The van der Waals surface area contributed by atoms with Crippen LogP contribution in [0.25, 0.3) is 0 Å². The average molecular weight is 335 g/mol. The molecule has 0 fully saturated rings. The van der Waals surface area contributed by atoms with E-state index in [1.54, 1.807) is 0 Å². The molecule has 0 amide bonds. The lowest BCUT2D eigenvalue weighted by Gasteiger charge is -2.08. The van der Waals surface area contributed by atoms with Gasteiger partial charge in [-0.25, -0.2) is 4.89 Å². The van der Waals surface area contributed by atoms with Crippen molar-refractivity contribution in [3.05, 3.63) is 35.4 Å². The summed E-state index contributed by atoms with van der Waals surface area (Å²) < 4.78 is 5.50. The predicted octanol–water partition coefficient (Wildman–Crippen LogP) is 5.94. The second-order valence-corrected chi connectivity index (χ2v) is 6.33. The van der Waals surface area contributed by atoms with Gasteiger partial charge < -0.3 is 4.74 Å². The van der Waals surface area contributed by atoms with Crippen LogP contribution >= 0.6 is 0 Å². The fraction of sp³-hybridized carbons (Fsp3) is 0.650. The second-order valence-electron chi connectivity index (χ2n) is 6.33. The molecule has 0 bridgehead atoms. The first-order valence-corrected chi connectivity index (χ1v) is 9.35. The van der Waals surface area contributed by atoms with Gasteiger partial charge in [-0.1, -0.05) is 76.8 Å². The Kier molecular flexibility index (Phi) is 12.0. The highest BCUT2D eigenvalue weighted by molar-refractivity contribution is 5.91. The molecule has 0 saturated heterocycles. The molecule has 0 atom stereocenters. The Hall–Kier alpha value is -1.39. The maximum Gasteiger partial charge on any atom is 0.213 e. The number of rotatable bonds is 14. The van der Waals surface area contributed by atoms with Gasteiger partial charge in [-0.15, -0.1) is 0 Å². The van der Waals surface area contributed by atoms with Gasteiger partial charge in [0.1, 0.15) is 6.61 Å². The predicted molar refractivity (Wildman–Crippen MR) is 98.5 cm³/mol. The summed E-state index contributed by atoms with van der Waals surface area (Å²) in [5.74, 6) is 0.211. The molecule has 136 valence electrons. The second kappa shape index (κ2) is 14.0. The highest BCUT2D eigenvalue weighted by atomic mass is 17.1. The van der Waals surface area contributed by atoms with Crippen molar-refractivity contribution in [1.29, 1.82) is 5.41 Å². The number of unbranched alkanes of at least 4 members (excludes halogenated alkanes) is 9. The fourth-order valence-corrected chi connectivity index (χ4v) is 2.67. The fourth-order valence-electron chi connectivity index (χ4n) is 2.67. The minimum absolute atomic E-state index is 0.160. The van der Waals surface area contributed by atoms with Crippen molar-refractivity contribution in [2.75, 3.05) is 6.61 Å². The van der Waals surface area contributed by atoms with E-state index in [1.165, 1.54) is 57.8 Å². The smallest absolute Gasteiger partial charge is 0.213 e. The molecular weight excluding hydrogens is 302 g/mol. The molecule has 4 nitrogen and oxygen atoms in total. The molecule has 4 heteroatoms. The Balaban J connectivity index is 1.99. The quantitative estimate of drug-likeness (QED) is 0.145. The lowest BCUT2D eigenvalue weighted by atomic mass is 10.1. The molecule has 0 heterocycles. The van der Waals surface area contributed by atoms with Crippen LogP contribution in [0.4, 0.5) is 0 Å². The van der Waals surface area contributed by atoms with Crippen LogP contribution in [0.15, 0.2) is 24.3 Å². The van der Waals surface area contributed by atoms with E-state index in [4.69, 9.17) is 15.4 Å². The van der Waals surface area contributed by atoms with Crippen molar-refractivity contribution in [1.82, 2.24) is 0 Å². The van der Waals surface area contributed by atoms with Crippen molar-refractivity contribution in [3.63, 3.8) is 0 Å². The zero-order chi connectivity index (χ0) is 17.5. The van der Waals surface area contributed by atoms with Crippen molar-refractivity contribution in [2.24, 2.45) is 0 Å². The number of nitrogens with one attached hydrogen (secondary N) is 1. The molecule has 0 unspecified atom stereocenters. The monoisotopic (exact) mass is 335 g/mol. The Morgan fingerprint density at radius 1 is 0.875 bits per heavy atom. The Morgan fingerprint density at radius 3 is 1.96 bits per heavy atom. The molecule has 0 radical (unpaired) electrons. The SMILES string of the molecule is CCCCCCCCCCCCOC(=N)c1ccc(COO)cc1. The van der Waals surface area contributed by atoms with Crippen LogP contribution < -0.4 is 0 Å². The molecule has 1 rings (SSSR count). The van der Waals surface area contributed by atoms with Gasteiger partial charge in [0, 0.05) is 5.56 Å². The third kappa shape index (κ3) is 9.68. The van der Waals surface area contributed by atoms with E-state index in [-0.39, 0.29) is 12.5 Å². The topological polar surface area (TPSA) is 62.5 Å². The van der Waals surface area contributed by atoms with Crippen molar-refractivity contribution in [3.8, 4) is 0 Å². The lowest BCUT2D eigenvalue weighted by molar-refractivity contribution is -0.253. The molecule has 0 aliphatic heterocycles. The molecule has 0 saturated carbocycles. The molecule has 0 aliphatic rings. The summed E-state index contributed by atoms with van der Waals surface area (Å²) in [5, 5.41) is 16.3. The van der Waals surface area contributed by atoms with Crippen molar-refractivity contribution >= 4 is 5.90 Å². The number of ether oxygens (including phenoxy) is 1. The van der Waals surface area contributed by atoms with Crippen molar-refractivity contribution < 1.29 is 14.9 Å². The van der Waals surface area contributed by atoms with Gasteiger partial charge in [-0.2, -0.15) is 0 Å². The molecule has 0 spiro atoms. The Morgan fingerprint density at radius 2 is 1.42 bits per heavy atom. The van der Waals surface area contributed by atoms with E-state index in [1.807, 2.05) is 24.3 Å². The minimum atomic E-state index is 0.160. The summed E-state index contributed by atoms with van der Waals surface area (Å²) in [6, 6.07) is 7.28. The van der Waals surface area contributed by atoms with Gasteiger partial charge >= 0.3 is 0 Å². The third-order valence-corrected chi connectivity index (χ3v) is 4.19. The van der Waals surface area contributed by atoms with Crippen LogP contribution in [-0.2, 0) is 16.2 Å². The molecule has 0 aromatic heterocycles. The first-order valence-electron chi connectivity index (χ1n) is 9.35. The largest absolute Gasteiger partial charge is 0.478 e. The molecule has 1 aromatic rings. The summed E-state index contributed by atoms with van der Waals surface area (Å²) in [4.78, 5) is 4.09. The zero-order valence-electron chi connectivity index (χ0n) is 15.1. The van der Waals surface area contributed by atoms with Crippen LogP contribution in [0.3, 0.4) is 0 Å². The molecular formula is C20H33NO3. The summed E-state index contributed by atoms with van der Waals surface area (Å²) in [6.07, 6.45) is 13.0. The highest BCUT2D eigenvalue weighted by Gasteiger charge is 2.03. The van der Waals surface area contributed by atoms with Crippen LogP contribution in [0, 0.1) is 5.41 Å². The first-order chi connectivity index (χ1) is 11.8. The van der Waals surface area contributed by atoms with E-state index in [0.717, 1.165) is 17.5 Å². The minimum Gasteiger partial charge on any atom is -0.478 e. The Labute approximate surface area is 146 Å². The molecule has 2 N–H and O–H groups in total. The lowest BCUT2D eigenvalue weighted by Crippen LogP contribution is -2.06. The van der Waals surface area contributed by atoms with E-state index < -0.39 is 0 Å². The number of hydrogen-bond acceptors (Lipinski definition) is 4. The summed E-state index contributed by atoms with van der Waals surface area (Å²) in [5.41, 5.74) is 1.62. The molecule has 24 heavy (non-hydrogen) atoms. The van der Waals surface area contributed by atoms with Gasteiger partial charge in [0.25, 0.3) is 0 Å². The van der Waals surface area contributed by atoms with Gasteiger partial charge in [-0.05, 0) is 24.1 Å². The summed E-state index contributed by atoms with van der Waals surface area (Å²) in [6.45, 7) is 3.02. The van der Waals surface area contributed by atoms with Crippen LogP contribution in [0.5, 0.6) is 0 Å². The van der Waals surface area contributed by atoms with Gasteiger partial charge in [0.15, 0.2) is 0 Å². The van der Waals surface area contributed by atoms with E-state index in [0.29, 0.717) is 6.61 Å². The van der Waals surface area contributed by atoms with Crippen LogP contribution in [0.1, 0.15) is 82.3 Å². The molecule has 1 aromatic carbocycles. The first kappa shape index (κ1) is 20.7. The normalized spacial score (nSPS) is 10.8. The van der Waals surface area contributed by atoms with E-state index in [2.05, 4.69) is 11.8 Å². The zero-order valence-corrected chi connectivity index (χ0v) is 15.1. The van der Waals surface area contributed by atoms with Crippen molar-refractivity contribution in [2.45, 2.75) is 77.7 Å². The molecule has 0 aliphatic carbocycles.